The topological polar surface area (TPSA) is 83.6 Å². The molecule has 0 radical (unpaired) electrons. The molecular formula is C16H20N2O3. The number of benzene rings is 1. The fourth-order valence-corrected chi connectivity index (χ4v) is 3.43. The predicted molar refractivity (Wildman–Crippen MR) is 79.5 cm³/mol. The van der Waals surface area contributed by atoms with E-state index in [4.69, 9.17) is 10.8 Å². The number of carbonyl (C=O) groups excluding carboxylic acids is 1. The van der Waals surface area contributed by atoms with E-state index in [9.17, 15) is 9.59 Å². The number of rotatable bonds is 2. The van der Waals surface area contributed by atoms with E-state index >= 15 is 0 Å². The molecule has 0 saturated heterocycles. The van der Waals surface area contributed by atoms with Gasteiger partial charge in [0.1, 0.15) is 0 Å². The van der Waals surface area contributed by atoms with E-state index in [0.717, 1.165) is 49.8 Å². The van der Waals surface area contributed by atoms with Crippen LogP contribution in [0.4, 0.5) is 5.69 Å². The summed E-state index contributed by atoms with van der Waals surface area (Å²) in [4.78, 5) is 25.6. The fourth-order valence-electron chi connectivity index (χ4n) is 3.43. The third-order valence-electron chi connectivity index (χ3n) is 4.61. The van der Waals surface area contributed by atoms with E-state index in [-0.39, 0.29) is 11.5 Å². The molecular weight excluding hydrogens is 268 g/mol. The van der Waals surface area contributed by atoms with Crippen LogP contribution in [0, 0.1) is 0 Å². The molecule has 1 saturated carbocycles. The summed E-state index contributed by atoms with van der Waals surface area (Å²) in [6, 6.07) is 4.98. The van der Waals surface area contributed by atoms with Crippen molar-refractivity contribution in [3.63, 3.8) is 0 Å². The Hall–Kier alpha value is -1.88. The molecule has 1 aromatic carbocycles. The van der Waals surface area contributed by atoms with Crippen molar-refractivity contribution >= 4 is 17.6 Å². The van der Waals surface area contributed by atoms with Gasteiger partial charge in [0.2, 0.25) is 5.91 Å². The lowest BCUT2D eigenvalue weighted by molar-refractivity contribution is -0.123. The maximum Gasteiger partial charge on any atom is 0.335 e. The molecule has 0 spiro atoms. The Morgan fingerprint density at radius 1 is 1.19 bits per heavy atom. The van der Waals surface area contributed by atoms with Crippen LogP contribution in [0.25, 0.3) is 0 Å². The summed E-state index contributed by atoms with van der Waals surface area (Å²) in [6.07, 6.45) is 5.13. The van der Waals surface area contributed by atoms with Crippen LogP contribution in [-0.4, -0.2) is 29.1 Å². The second-order valence-electron chi connectivity index (χ2n) is 6.07. The number of hydrogen-bond acceptors (Lipinski definition) is 3. The normalized spacial score (nSPS) is 20.1. The van der Waals surface area contributed by atoms with Crippen molar-refractivity contribution in [1.82, 2.24) is 0 Å². The first-order valence-electron chi connectivity index (χ1n) is 7.48. The molecule has 0 bridgehead atoms. The lowest BCUT2D eigenvalue weighted by atomic mass is 9.93. The van der Waals surface area contributed by atoms with E-state index in [1.54, 1.807) is 23.1 Å². The quantitative estimate of drug-likeness (QED) is 0.871. The van der Waals surface area contributed by atoms with Gasteiger partial charge in [0, 0.05) is 12.2 Å². The van der Waals surface area contributed by atoms with Crippen LogP contribution in [0.15, 0.2) is 18.2 Å². The van der Waals surface area contributed by atoms with Crippen LogP contribution in [0.5, 0.6) is 0 Å². The average molecular weight is 288 g/mol. The molecule has 5 heteroatoms. The molecule has 2 aliphatic rings. The molecule has 1 aromatic rings. The predicted octanol–water partition coefficient (Wildman–Crippen LogP) is 1.94. The molecule has 112 valence electrons. The second kappa shape index (κ2) is 5.15. The molecule has 0 aromatic heterocycles. The first kappa shape index (κ1) is 14.1. The summed E-state index contributed by atoms with van der Waals surface area (Å²) in [5.41, 5.74) is 7.57. The largest absolute Gasteiger partial charge is 0.478 e. The van der Waals surface area contributed by atoms with Gasteiger partial charge in [-0.1, -0.05) is 12.8 Å². The average Bonchev–Trinajstić information content (AvgIpc) is 2.93. The number of anilines is 1. The highest BCUT2D eigenvalue weighted by Gasteiger charge is 2.41. The first-order chi connectivity index (χ1) is 10.0. The number of amides is 1. The van der Waals surface area contributed by atoms with Crippen molar-refractivity contribution in [1.29, 1.82) is 0 Å². The summed E-state index contributed by atoms with van der Waals surface area (Å²) >= 11 is 0. The number of nitrogens with two attached hydrogens (primary N) is 1. The van der Waals surface area contributed by atoms with Gasteiger partial charge in [0.05, 0.1) is 11.1 Å². The molecule has 3 rings (SSSR count). The van der Waals surface area contributed by atoms with Gasteiger partial charge >= 0.3 is 5.97 Å². The summed E-state index contributed by atoms with van der Waals surface area (Å²) in [7, 11) is 0. The minimum absolute atomic E-state index is 0.0102. The highest BCUT2D eigenvalue weighted by Crippen LogP contribution is 2.34. The Morgan fingerprint density at radius 2 is 1.90 bits per heavy atom. The van der Waals surface area contributed by atoms with Crippen molar-refractivity contribution in [2.45, 2.75) is 44.1 Å². The summed E-state index contributed by atoms with van der Waals surface area (Å²) in [6.45, 7) is 0.664. The standard InChI is InChI=1S/C16H20N2O3/c17-16(7-1-2-8-16)15(21)18-9-3-4-11-10-12(14(19)20)5-6-13(11)18/h5-6,10H,1-4,7-9,17H2,(H,19,20). The van der Waals surface area contributed by atoms with Gasteiger partial charge < -0.3 is 15.7 Å². The second-order valence-corrected chi connectivity index (χ2v) is 6.07. The highest BCUT2D eigenvalue weighted by molar-refractivity contribution is 6.01. The number of hydrogen-bond donors (Lipinski definition) is 2. The van der Waals surface area contributed by atoms with Crippen molar-refractivity contribution in [2.24, 2.45) is 5.73 Å². The highest BCUT2D eigenvalue weighted by atomic mass is 16.4. The molecule has 0 unspecified atom stereocenters. The minimum atomic E-state index is -0.938. The molecule has 1 aliphatic heterocycles. The van der Waals surface area contributed by atoms with Crippen molar-refractivity contribution < 1.29 is 14.7 Å². The molecule has 21 heavy (non-hydrogen) atoms. The smallest absolute Gasteiger partial charge is 0.335 e. The number of carboxylic acid groups (broad SMARTS) is 1. The summed E-state index contributed by atoms with van der Waals surface area (Å²) in [5.74, 6) is -0.948. The van der Waals surface area contributed by atoms with Crippen LogP contribution in [0.1, 0.15) is 48.0 Å². The zero-order valence-electron chi connectivity index (χ0n) is 12.0. The van der Waals surface area contributed by atoms with Gasteiger partial charge in [-0.05, 0) is 49.4 Å². The van der Waals surface area contributed by atoms with Crippen molar-refractivity contribution in [2.75, 3.05) is 11.4 Å². The third kappa shape index (κ3) is 2.42. The zero-order chi connectivity index (χ0) is 15.0. The Bertz CT molecular complexity index is 591. The number of aromatic carboxylic acids is 1. The van der Waals surface area contributed by atoms with E-state index in [1.165, 1.54) is 0 Å². The Morgan fingerprint density at radius 3 is 2.57 bits per heavy atom. The number of fused-ring (bicyclic) bond motifs is 1. The summed E-state index contributed by atoms with van der Waals surface area (Å²) in [5, 5.41) is 9.07. The van der Waals surface area contributed by atoms with Gasteiger partial charge in [-0.15, -0.1) is 0 Å². The van der Waals surface area contributed by atoms with Gasteiger partial charge in [-0.25, -0.2) is 4.79 Å². The van der Waals surface area contributed by atoms with Crippen molar-refractivity contribution in [3.8, 4) is 0 Å². The molecule has 3 N–H and O–H groups in total. The third-order valence-corrected chi connectivity index (χ3v) is 4.61. The molecule has 1 fully saturated rings. The molecule has 0 atom stereocenters. The Kier molecular flexibility index (Phi) is 3.45. The van der Waals surface area contributed by atoms with Crippen LogP contribution in [0.3, 0.4) is 0 Å². The van der Waals surface area contributed by atoms with Crippen molar-refractivity contribution in [3.05, 3.63) is 29.3 Å². The van der Waals surface area contributed by atoms with Crippen LogP contribution >= 0.6 is 0 Å². The van der Waals surface area contributed by atoms with Gasteiger partial charge in [-0.2, -0.15) is 0 Å². The molecule has 1 aliphatic carbocycles. The number of nitrogens with zero attached hydrogens (tertiary/aromatic N) is 1. The first-order valence-corrected chi connectivity index (χ1v) is 7.48. The van der Waals surface area contributed by atoms with E-state index < -0.39 is 11.5 Å². The van der Waals surface area contributed by atoms with E-state index in [1.807, 2.05) is 0 Å². The van der Waals surface area contributed by atoms with Gasteiger partial charge in [-0.3, -0.25) is 4.79 Å². The number of carboxylic acids is 1. The maximum atomic E-state index is 12.8. The fraction of sp³-hybridized carbons (Fsp3) is 0.500. The Balaban J connectivity index is 1.93. The van der Waals surface area contributed by atoms with Gasteiger partial charge in [0.15, 0.2) is 0 Å². The minimum Gasteiger partial charge on any atom is -0.478 e. The zero-order valence-corrected chi connectivity index (χ0v) is 12.0. The molecule has 5 nitrogen and oxygen atoms in total. The van der Waals surface area contributed by atoms with E-state index in [2.05, 4.69) is 0 Å². The van der Waals surface area contributed by atoms with Crippen LogP contribution in [-0.2, 0) is 11.2 Å². The lowest BCUT2D eigenvalue weighted by Crippen LogP contribution is -2.54. The molecule has 1 heterocycles. The van der Waals surface area contributed by atoms with Gasteiger partial charge in [0.25, 0.3) is 0 Å². The number of carbonyl (C=O) groups is 2. The summed E-state index contributed by atoms with van der Waals surface area (Å²) < 4.78 is 0. The lowest BCUT2D eigenvalue weighted by Gasteiger charge is -2.35. The maximum absolute atomic E-state index is 12.8. The SMILES string of the molecule is NC1(C(=O)N2CCCc3cc(C(=O)O)ccc32)CCCC1. The monoisotopic (exact) mass is 288 g/mol. The Labute approximate surface area is 123 Å². The van der Waals surface area contributed by atoms with E-state index in [0.29, 0.717) is 6.54 Å². The molecule has 1 amide bonds. The number of aryl methyl sites for hydroxylation is 1. The van der Waals surface area contributed by atoms with Crippen LogP contribution in [0.2, 0.25) is 0 Å². The van der Waals surface area contributed by atoms with Crippen LogP contribution < -0.4 is 10.6 Å².